The summed E-state index contributed by atoms with van der Waals surface area (Å²) in [6.45, 7) is 6.35. The Hall–Kier alpha value is -3.93. The van der Waals surface area contributed by atoms with Gasteiger partial charge >= 0.3 is 17.9 Å². The minimum atomic E-state index is -0.487. The lowest BCUT2D eigenvalue weighted by atomic mass is 10.0. The van der Waals surface area contributed by atoms with Gasteiger partial charge in [-0.25, -0.2) is 9.59 Å². The molecular weight excluding hydrogens is 636 g/mol. The summed E-state index contributed by atoms with van der Waals surface area (Å²) < 4.78 is 16.6. The van der Waals surface area contributed by atoms with Gasteiger partial charge in [-0.2, -0.15) is 0 Å². The highest BCUT2D eigenvalue weighted by atomic mass is 16.5. The molecular formula is C45H62O6. The van der Waals surface area contributed by atoms with Crippen molar-refractivity contribution in [2.75, 3.05) is 0 Å². The lowest BCUT2D eigenvalue weighted by Gasteiger charge is -2.13. The van der Waals surface area contributed by atoms with Gasteiger partial charge in [-0.1, -0.05) is 141 Å². The molecule has 278 valence electrons. The first-order chi connectivity index (χ1) is 24.9. The van der Waals surface area contributed by atoms with Crippen molar-refractivity contribution in [1.29, 1.82) is 0 Å². The van der Waals surface area contributed by atoms with Crippen molar-refractivity contribution in [1.82, 2.24) is 0 Å². The maximum atomic E-state index is 12.8. The van der Waals surface area contributed by atoms with Crippen molar-refractivity contribution in [2.24, 2.45) is 0 Å². The van der Waals surface area contributed by atoms with E-state index in [1.165, 1.54) is 89.9 Å². The monoisotopic (exact) mass is 698 g/mol. The molecule has 0 saturated heterocycles. The summed E-state index contributed by atoms with van der Waals surface area (Å²) in [5.74, 6) is -0.174. The summed E-state index contributed by atoms with van der Waals surface area (Å²) in [4.78, 5) is 37.6. The maximum absolute atomic E-state index is 12.8. The van der Waals surface area contributed by atoms with Gasteiger partial charge in [0.1, 0.15) is 11.5 Å². The summed E-state index contributed by atoms with van der Waals surface area (Å²) >= 11 is 0. The molecule has 0 aliphatic carbocycles. The van der Waals surface area contributed by atoms with E-state index in [4.69, 9.17) is 14.2 Å². The minimum absolute atomic E-state index is 0.140. The normalized spacial score (nSPS) is 11.6. The molecule has 0 amide bonds. The second-order valence-corrected chi connectivity index (χ2v) is 13.9. The molecule has 0 aromatic heterocycles. The fourth-order valence-electron chi connectivity index (χ4n) is 6.15. The van der Waals surface area contributed by atoms with Crippen molar-refractivity contribution in [3.05, 3.63) is 83.9 Å². The molecule has 6 nitrogen and oxygen atoms in total. The van der Waals surface area contributed by atoms with Gasteiger partial charge in [-0.05, 0) is 85.8 Å². The molecule has 0 spiro atoms. The molecule has 0 saturated carbocycles. The topological polar surface area (TPSA) is 78.9 Å². The number of hydrogen-bond acceptors (Lipinski definition) is 6. The zero-order valence-electron chi connectivity index (χ0n) is 31.6. The lowest BCUT2D eigenvalue weighted by molar-refractivity contribution is -0.134. The van der Waals surface area contributed by atoms with Crippen LogP contribution in [-0.4, -0.2) is 24.0 Å². The molecule has 0 aliphatic rings. The van der Waals surface area contributed by atoms with Crippen molar-refractivity contribution in [2.45, 2.75) is 155 Å². The van der Waals surface area contributed by atoms with Crippen LogP contribution in [-0.2, 0) is 9.53 Å². The van der Waals surface area contributed by atoms with Gasteiger partial charge in [-0.3, -0.25) is 4.79 Å². The van der Waals surface area contributed by atoms with Gasteiger partial charge in [-0.15, -0.1) is 0 Å². The number of carbonyl (C=O) groups excluding carboxylic acids is 3. The van der Waals surface area contributed by atoms with E-state index in [-0.39, 0.29) is 18.0 Å². The van der Waals surface area contributed by atoms with Crippen molar-refractivity contribution in [3.63, 3.8) is 0 Å². The molecule has 3 aromatic carbocycles. The van der Waals surface area contributed by atoms with Gasteiger partial charge in [0.05, 0.1) is 17.2 Å². The fourth-order valence-corrected chi connectivity index (χ4v) is 6.15. The van der Waals surface area contributed by atoms with Crippen LogP contribution in [0.2, 0.25) is 0 Å². The van der Waals surface area contributed by atoms with Crippen LogP contribution in [0, 0.1) is 0 Å². The van der Waals surface area contributed by atoms with E-state index < -0.39 is 5.97 Å². The van der Waals surface area contributed by atoms with Crippen LogP contribution in [0.15, 0.2) is 72.8 Å². The highest BCUT2D eigenvalue weighted by molar-refractivity contribution is 5.92. The van der Waals surface area contributed by atoms with E-state index in [9.17, 15) is 14.4 Å². The lowest BCUT2D eigenvalue weighted by Crippen LogP contribution is -2.15. The quantitative estimate of drug-likeness (QED) is 0.0472. The third-order valence-corrected chi connectivity index (χ3v) is 9.35. The van der Waals surface area contributed by atoms with Crippen LogP contribution < -0.4 is 9.47 Å². The number of rotatable bonds is 26. The molecule has 0 heterocycles. The van der Waals surface area contributed by atoms with E-state index in [1.807, 2.05) is 31.2 Å². The molecule has 0 bridgehead atoms. The van der Waals surface area contributed by atoms with E-state index >= 15 is 0 Å². The zero-order chi connectivity index (χ0) is 36.5. The fraction of sp³-hybridized carbons (Fsp3) is 0.533. The Kier molecular flexibility index (Phi) is 20.4. The van der Waals surface area contributed by atoms with Crippen LogP contribution in [0.4, 0.5) is 0 Å². The summed E-state index contributed by atoms with van der Waals surface area (Å²) in [6.07, 6.45) is 23.7. The highest BCUT2D eigenvalue weighted by Crippen LogP contribution is 2.24. The predicted molar refractivity (Wildman–Crippen MR) is 207 cm³/mol. The Morgan fingerprint density at radius 1 is 0.471 bits per heavy atom. The number of hydrogen-bond donors (Lipinski definition) is 0. The number of carbonyl (C=O) groups is 3. The third-order valence-electron chi connectivity index (χ3n) is 9.35. The van der Waals surface area contributed by atoms with Crippen LogP contribution >= 0.6 is 0 Å². The Morgan fingerprint density at radius 2 is 0.863 bits per heavy atom. The van der Waals surface area contributed by atoms with Crippen molar-refractivity contribution in [3.8, 4) is 22.6 Å². The van der Waals surface area contributed by atoms with Gasteiger partial charge in [0.25, 0.3) is 0 Å². The number of esters is 3. The smallest absolute Gasteiger partial charge is 0.343 e. The second-order valence-electron chi connectivity index (χ2n) is 13.9. The second kappa shape index (κ2) is 25.1. The number of unbranched alkanes of at least 4 members (excludes halogenated alkanes) is 16. The van der Waals surface area contributed by atoms with Crippen LogP contribution in [0.3, 0.4) is 0 Å². The van der Waals surface area contributed by atoms with Crippen molar-refractivity contribution < 1.29 is 28.6 Å². The molecule has 0 radical (unpaired) electrons. The maximum Gasteiger partial charge on any atom is 0.343 e. The molecule has 51 heavy (non-hydrogen) atoms. The van der Waals surface area contributed by atoms with Gasteiger partial charge in [0, 0.05) is 6.42 Å². The zero-order valence-corrected chi connectivity index (χ0v) is 31.6. The largest absolute Gasteiger partial charge is 0.459 e. The SMILES string of the molecule is CCCCCCCCCCCCCCCCC(=O)Oc1ccc(-c2ccc(C(=O)Oc3ccc(C(=O)OC(C)CCCCCC)cc3)cc2)cc1. The Labute approximate surface area is 307 Å². The number of benzene rings is 3. The van der Waals surface area contributed by atoms with Crippen LogP contribution in [0.25, 0.3) is 11.1 Å². The van der Waals surface area contributed by atoms with Gasteiger partial charge in [0.2, 0.25) is 0 Å². The molecule has 3 rings (SSSR count). The van der Waals surface area contributed by atoms with Crippen LogP contribution in [0.5, 0.6) is 11.5 Å². The highest BCUT2D eigenvalue weighted by Gasteiger charge is 2.14. The summed E-state index contributed by atoms with van der Waals surface area (Å²) in [7, 11) is 0. The Balaban J connectivity index is 1.31. The standard InChI is InChI=1S/C45H62O6/c1-4-6-8-10-11-12-13-14-15-16-17-18-19-21-23-43(46)50-41-32-28-38(29-33-41)37-24-26-39(27-25-37)45(48)51-42-34-30-40(31-35-42)44(47)49-36(3)22-20-9-7-5-2/h24-36H,4-23H2,1-3H3. The van der Waals surface area contributed by atoms with E-state index in [2.05, 4.69) is 13.8 Å². The van der Waals surface area contributed by atoms with Gasteiger partial charge in [0.15, 0.2) is 0 Å². The summed E-state index contributed by atoms with van der Waals surface area (Å²) in [5.41, 5.74) is 2.70. The van der Waals surface area contributed by atoms with E-state index in [0.29, 0.717) is 29.0 Å². The molecule has 0 aliphatic heterocycles. The molecule has 0 fully saturated rings. The Morgan fingerprint density at radius 3 is 1.39 bits per heavy atom. The molecule has 6 heteroatoms. The predicted octanol–water partition coefficient (Wildman–Crippen LogP) is 12.9. The molecule has 0 N–H and O–H groups in total. The molecule has 1 atom stereocenters. The van der Waals surface area contributed by atoms with Crippen LogP contribution in [0.1, 0.15) is 170 Å². The van der Waals surface area contributed by atoms with Gasteiger partial charge < -0.3 is 14.2 Å². The molecule has 3 aromatic rings. The minimum Gasteiger partial charge on any atom is -0.459 e. The number of ether oxygens (including phenoxy) is 3. The first-order valence-electron chi connectivity index (χ1n) is 19.8. The third kappa shape index (κ3) is 17.2. The average molecular weight is 699 g/mol. The van der Waals surface area contributed by atoms with E-state index in [1.54, 1.807) is 48.5 Å². The summed E-state index contributed by atoms with van der Waals surface area (Å²) in [5, 5.41) is 0. The summed E-state index contributed by atoms with van der Waals surface area (Å²) in [6, 6.07) is 21.0. The first kappa shape index (κ1) is 41.5. The van der Waals surface area contributed by atoms with E-state index in [0.717, 1.165) is 43.2 Å². The Bertz CT molecular complexity index is 1390. The average Bonchev–Trinajstić information content (AvgIpc) is 3.14. The van der Waals surface area contributed by atoms with Crippen molar-refractivity contribution >= 4 is 17.9 Å². The first-order valence-corrected chi connectivity index (χ1v) is 19.8. The molecule has 1 unspecified atom stereocenters.